The predicted octanol–water partition coefficient (Wildman–Crippen LogP) is 12.0. The van der Waals surface area contributed by atoms with Crippen molar-refractivity contribution in [3.05, 3.63) is 190 Å². The summed E-state index contributed by atoms with van der Waals surface area (Å²) in [6.07, 6.45) is 14.5. The van der Waals surface area contributed by atoms with Crippen LogP contribution in [-0.2, 0) is 0 Å². The van der Waals surface area contributed by atoms with Gasteiger partial charge < -0.3 is 38.3 Å². The summed E-state index contributed by atoms with van der Waals surface area (Å²) < 4.78 is 0. The van der Waals surface area contributed by atoms with E-state index in [9.17, 15) is 14.4 Å². The van der Waals surface area contributed by atoms with Crippen LogP contribution in [0, 0.1) is 17.8 Å². The lowest BCUT2D eigenvalue weighted by Gasteiger charge is -2.14. The Hall–Kier alpha value is -8.28. The van der Waals surface area contributed by atoms with Gasteiger partial charge in [0, 0.05) is 81.2 Å². The van der Waals surface area contributed by atoms with E-state index in [4.69, 9.17) is 62.1 Å². The molecule has 4 aromatic heterocycles. The van der Waals surface area contributed by atoms with E-state index in [1.165, 1.54) is 44.6 Å². The standard InChI is InChI=1S/C24H20ClN5O.C13H7Cl2N3.C11H14N2O.C7H7NO2.C4H9N/c25-17-9-10-21-19(12-17)23(30-22(28-21)16-4-3-11-26-14-16)29-20-6-2-1-5-18(20)24(31)27-13-15-7-8-15;14-9-3-4-11-10(6-9)12(15)18-13(17-11)8-2-1-5-16-7-8;12-10-4-2-1-3-9(10)11(14)13-7-8-5-6-8;8-6-4-2-1-3-5(6)7(9)10;5-3-4-1-2-4/h1-6,9-12,14-15H,7-8,13H2,(H,27,31)(H,28,29,30);1-7H;1-4,8H,5-7,12H2,(H,13,14);1-4H,8H2,(H,9,10);4H,1-3,5H2. The van der Waals surface area contributed by atoms with Crippen LogP contribution in [-0.4, -0.2) is 72.4 Å². The molecule has 12 rings (SSSR count). The summed E-state index contributed by atoms with van der Waals surface area (Å²) in [6, 6.07) is 39.2. The first-order valence-electron chi connectivity index (χ1n) is 25.3. The first-order chi connectivity index (χ1) is 37.8. The topological polar surface area (TPSA) is 263 Å². The van der Waals surface area contributed by atoms with Crippen LogP contribution in [0.15, 0.2) is 158 Å². The zero-order chi connectivity index (χ0) is 55.0. The molecule has 9 aromatic rings. The van der Waals surface area contributed by atoms with E-state index in [1.807, 2.05) is 78.9 Å². The molecule has 10 N–H and O–H groups in total. The molecule has 5 aromatic carbocycles. The smallest absolute Gasteiger partial charge is 0.337 e. The summed E-state index contributed by atoms with van der Waals surface area (Å²) in [7, 11) is 0. The van der Waals surface area contributed by atoms with Crippen molar-refractivity contribution in [3.8, 4) is 22.8 Å². The van der Waals surface area contributed by atoms with Crippen molar-refractivity contribution in [2.75, 3.05) is 36.4 Å². The molecule has 0 unspecified atom stereocenters. The zero-order valence-electron chi connectivity index (χ0n) is 42.3. The van der Waals surface area contributed by atoms with Gasteiger partial charge in [0.15, 0.2) is 11.6 Å². The van der Waals surface area contributed by atoms with Gasteiger partial charge in [-0.05, 0) is 160 Å². The highest BCUT2D eigenvalue weighted by atomic mass is 35.5. The third-order valence-electron chi connectivity index (χ3n) is 12.5. The fourth-order valence-corrected chi connectivity index (χ4v) is 8.06. The molecule has 0 spiro atoms. The number of hydrogen-bond donors (Lipinski definition) is 7. The maximum Gasteiger partial charge on any atom is 0.337 e. The van der Waals surface area contributed by atoms with E-state index < -0.39 is 5.97 Å². The number of aromatic carboxylic acids is 1. The number of nitrogens with zero attached hydrogens (tertiary/aromatic N) is 6. The van der Waals surface area contributed by atoms with Gasteiger partial charge in [-0.25, -0.2) is 24.7 Å². The third-order valence-corrected chi connectivity index (χ3v) is 13.2. The minimum atomic E-state index is -0.988. The molecule has 3 saturated carbocycles. The Balaban J connectivity index is 0.000000144. The molecular formula is C59H57Cl3N12O4. The first kappa shape index (κ1) is 55.9. The summed E-state index contributed by atoms with van der Waals surface area (Å²) in [5.41, 5.74) is 22.2. The molecule has 0 bridgehead atoms. The third kappa shape index (κ3) is 16.4. The second-order valence-electron chi connectivity index (χ2n) is 18.7. The summed E-state index contributed by atoms with van der Waals surface area (Å²) in [4.78, 5) is 61.1. The van der Waals surface area contributed by atoms with Crippen molar-refractivity contribution in [1.82, 2.24) is 40.5 Å². The fourth-order valence-electron chi connectivity index (χ4n) is 7.48. The van der Waals surface area contributed by atoms with E-state index >= 15 is 0 Å². The number of aromatic nitrogens is 6. The lowest BCUT2D eigenvalue weighted by molar-refractivity contribution is 0.0697. The highest BCUT2D eigenvalue weighted by molar-refractivity contribution is 6.36. The molecule has 0 atom stereocenters. The van der Waals surface area contributed by atoms with Gasteiger partial charge >= 0.3 is 5.97 Å². The number of amides is 2. The maximum atomic E-state index is 12.8. The molecule has 3 aliphatic carbocycles. The van der Waals surface area contributed by atoms with Crippen molar-refractivity contribution >= 4 is 97.3 Å². The summed E-state index contributed by atoms with van der Waals surface area (Å²) in [6.45, 7) is 2.41. The lowest BCUT2D eigenvalue weighted by Crippen LogP contribution is -2.26. The molecule has 19 heteroatoms. The number of pyridine rings is 2. The SMILES string of the molecule is Clc1ccc2nc(-c3cccnc3)nc(Cl)c2c1.NCC1CC1.Nc1ccccc1C(=O)NCC1CC1.Nc1ccccc1C(=O)O.O=C(NCC1CC1)c1ccccc1Nc1nc(-c2cccnc2)nc2ccc(Cl)cc12. The number of halogens is 3. The number of carboxylic acid groups (broad SMARTS) is 1. The van der Waals surface area contributed by atoms with Crippen molar-refractivity contribution < 1.29 is 19.5 Å². The molecule has 4 heterocycles. The zero-order valence-corrected chi connectivity index (χ0v) is 44.6. The van der Waals surface area contributed by atoms with Gasteiger partial charge in [-0.3, -0.25) is 19.6 Å². The molecule has 2 amide bonds. The monoisotopic (exact) mass is 1100 g/mol. The Labute approximate surface area is 466 Å². The highest BCUT2D eigenvalue weighted by Crippen LogP contribution is 2.32. The average Bonchev–Trinajstić information content (AvgIpc) is 4.36. The number of rotatable bonds is 12. The number of anilines is 4. The number of hydrogen-bond acceptors (Lipinski definition) is 13. The number of carbonyl (C=O) groups is 3. The fraction of sp³-hybridized carbons (Fsp3) is 0.203. The highest BCUT2D eigenvalue weighted by Gasteiger charge is 2.24. The van der Waals surface area contributed by atoms with E-state index in [1.54, 1.807) is 73.3 Å². The van der Waals surface area contributed by atoms with Crippen LogP contribution in [0.3, 0.4) is 0 Å². The lowest BCUT2D eigenvalue weighted by atomic mass is 10.1. The molecule has 3 aliphatic rings. The molecule has 78 heavy (non-hydrogen) atoms. The van der Waals surface area contributed by atoms with Crippen LogP contribution >= 0.6 is 34.8 Å². The number of carboxylic acids is 1. The predicted molar refractivity (Wildman–Crippen MR) is 311 cm³/mol. The molecule has 3 fully saturated rings. The van der Waals surface area contributed by atoms with Gasteiger partial charge in [0.25, 0.3) is 11.8 Å². The first-order valence-corrected chi connectivity index (χ1v) is 26.4. The number of benzene rings is 5. The van der Waals surface area contributed by atoms with Crippen molar-refractivity contribution in [2.45, 2.75) is 38.5 Å². The van der Waals surface area contributed by atoms with Gasteiger partial charge in [-0.2, -0.15) is 0 Å². The summed E-state index contributed by atoms with van der Waals surface area (Å²) >= 11 is 18.3. The largest absolute Gasteiger partial charge is 0.478 e. The van der Waals surface area contributed by atoms with Crippen LogP contribution in [0.4, 0.5) is 22.9 Å². The number of nitrogens with one attached hydrogen (secondary N) is 3. The van der Waals surface area contributed by atoms with Gasteiger partial charge in [0.2, 0.25) is 0 Å². The summed E-state index contributed by atoms with van der Waals surface area (Å²) in [5, 5.41) is 20.9. The molecule has 16 nitrogen and oxygen atoms in total. The van der Waals surface area contributed by atoms with E-state index in [0.29, 0.717) is 79.2 Å². The Morgan fingerprint density at radius 1 is 0.538 bits per heavy atom. The van der Waals surface area contributed by atoms with Crippen molar-refractivity contribution in [2.24, 2.45) is 23.5 Å². The van der Waals surface area contributed by atoms with Crippen LogP contribution in [0.5, 0.6) is 0 Å². The number of nitrogens with two attached hydrogens (primary N) is 3. The van der Waals surface area contributed by atoms with Crippen LogP contribution < -0.4 is 33.2 Å². The van der Waals surface area contributed by atoms with Gasteiger partial charge in [-0.15, -0.1) is 0 Å². The van der Waals surface area contributed by atoms with Gasteiger partial charge in [-0.1, -0.05) is 71.2 Å². The Bertz CT molecular complexity index is 3510. The molecular weight excluding hydrogens is 1050 g/mol. The van der Waals surface area contributed by atoms with E-state index in [2.05, 4.69) is 40.9 Å². The number of para-hydroxylation sites is 3. The number of fused-ring (bicyclic) bond motifs is 2. The Morgan fingerprint density at radius 2 is 1.01 bits per heavy atom. The number of nitrogen functional groups attached to an aromatic ring is 2. The summed E-state index contributed by atoms with van der Waals surface area (Å²) in [5.74, 6) is 2.75. The Morgan fingerprint density at radius 3 is 1.49 bits per heavy atom. The van der Waals surface area contributed by atoms with E-state index in [-0.39, 0.29) is 17.4 Å². The molecule has 398 valence electrons. The average molecular weight is 1100 g/mol. The minimum absolute atomic E-state index is 0.0602. The normalized spacial score (nSPS) is 13.1. The quantitative estimate of drug-likeness (QED) is 0.0443. The van der Waals surface area contributed by atoms with Crippen LogP contribution in [0.1, 0.15) is 69.6 Å². The minimum Gasteiger partial charge on any atom is -0.478 e. The van der Waals surface area contributed by atoms with Crippen LogP contribution in [0.2, 0.25) is 15.2 Å². The van der Waals surface area contributed by atoms with Crippen molar-refractivity contribution in [1.29, 1.82) is 0 Å². The number of carbonyl (C=O) groups excluding carboxylic acids is 2. The molecule has 0 saturated heterocycles. The van der Waals surface area contributed by atoms with Crippen LogP contribution in [0.25, 0.3) is 44.6 Å². The van der Waals surface area contributed by atoms with Crippen molar-refractivity contribution in [3.63, 3.8) is 0 Å². The maximum absolute atomic E-state index is 12.8. The van der Waals surface area contributed by atoms with E-state index in [0.717, 1.165) is 51.9 Å². The van der Waals surface area contributed by atoms with Gasteiger partial charge in [0.05, 0.1) is 33.4 Å². The molecule has 0 radical (unpaired) electrons. The Kier molecular flexibility index (Phi) is 19.5. The van der Waals surface area contributed by atoms with Gasteiger partial charge in [0.1, 0.15) is 11.0 Å². The second-order valence-corrected chi connectivity index (χ2v) is 19.9. The molecule has 0 aliphatic heterocycles. The second kappa shape index (κ2) is 27.2.